The molecule has 0 aliphatic carbocycles. The maximum absolute atomic E-state index is 12.7. The highest BCUT2D eigenvalue weighted by Gasteiger charge is 2.19. The molecule has 0 saturated carbocycles. The minimum Gasteiger partial charge on any atom is -0.456 e. The van der Waals surface area contributed by atoms with Crippen LogP contribution in [0.3, 0.4) is 0 Å². The van der Waals surface area contributed by atoms with Gasteiger partial charge in [-0.15, -0.1) is 0 Å². The summed E-state index contributed by atoms with van der Waals surface area (Å²) in [5.41, 5.74) is 1.16. The Labute approximate surface area is 202 Å². The van der Waals surface area contributed by atoms with E-state index in [0.717, 1.165) is 0 Å². The van der Waals surface area contributed by atoms with Crippen molar-refractivity contribution in [3.05, 3.63) is 86.8 Å². The number of carbonyl (C=O) groups is 2. The van der Waals surface area contributed by atoms with Crippen molar-refractivity contribution in [2.45, 2.75) is 39.3 Å². The molecule has 1 aromatic heterocycles. The van der Waals surface area contributed by atoms with Crippen LogP contribution in [-0.4, -0.2) is 22.0 Å². The van der Waals surface area contributed by atoms with Gasteiger partial charge in [-0.1, -0.05) is 23.2 Å². The summed E-state index contributed by atoms with van der Waals surface area (Å²) in [6.07, 6.45) is 1.55. The van der Waals surface area contributed by atoms with E-state index in [1.165, 1.54) is 10.6 Å². The first-order valence-corrected chi connectivity index (χ1v) is 11.0. The number of rotatable bonds is 5. The molecular formula is C25H24Cl2N2O4. The molecule has 1 heterocycles. The van der Waals surface area contributed by atoms with Gasteiger partial charge in [0.2, 0.25) is 5.91 Å². The standard InChI is InChI=1S/C25H24Cl2N2O4/c1-15(23(31)28-19-8-5-16(6-9-19)24(32)33-25(2,3)4)29-12-11-17(13-22(29)30)20-14-18(26)7-10-21(20)27/h5-15H,1-4H3,(H,28,31)/t15-/m0/s1. The van der Waals surface area contributed by atoms with Gasteiger partial charge in [0.25, 0.3) is 5.56 Å². The minimum absolute atomic E-state index is 0.355. The Kier molecular flexibility index (Phi) is 7.30. The van der Waals surface area contributed by atoms with E-state index in [2.05, 4.69) is 5.32 Å². The first kappa shape index (κ1) is 24.6. The van der Waals surface area contributed by atoms with E-state index in [-0.39, 0.29) is 11.5 Å². The summed E-state index contributed by atoms with van der Waals surface area (Å²) in [4.78, 5) is 37.6. The third-order valence-corrected chi connectivity index (χ3v) is 5.34. The van der Waals surface area contributed by atoms with Crippen LogP contribution in [0.4, 0.5) is 5.69 Å². The Morgan fingerprint density at radius 3 is 2.27 bits per heavy atom. The molecule has 0 bridgehead atoms. The quantitative estimate of drug-likeness (QED) is 0.450. The summed E-state index contributed by atoms with van der Waals surface area (Å²) >= 11 is 12.3. The van der Waals surface area contributed by atoms with Crippen molar-refractivity contribution in [1.29, 1.82) is 0 Å². The van der Waals surface area contributed by atoms with E-state index < -0.39 is 17.6 Å². The summed E-state index contributed by atoms with van der Waals surface area (Å²) in [5.74, 6) is -0.823. The molecule has 1 N–H and O–H groups in total. The number of hydrogen-bond acceptors (Lipinski definition) is 4. The molecule has 172 valence electrons. The zero-order valence-corrected chi connectivity index (χ0v) is 20.2. The zero-order chi connectivity index (χ0) is 24.3. The number of esters is 1. The van der Waals surface area contributed by atoms with Crippen LogP contribution in [0.5, 0.6) is 0 Å². The van der Waals surface area contributed by atoms with Crippen LogP contribution in [0.1, 0.15) is 44.1 Å². The molecule has 0 saturated heterocycles. The highest BCUT2D eigenvalue weighted by Crippen LogP contribution is 2.30. The van der Waals surface area contributed by atoms with Crippen LogP contribution < -0.4 is 10.9 Å². The van der Waals surface area contributed by atoms with E-state index in [4.69, 9.17) is 27.9 Å². The highest BCUT2D eigenvalue weighted by atomic mass is 35.5. The molecule has 3 rings (SSSR count). The van der Waals surface area contributed by atoms with Gasteiger partial charge in [0.15, 0.2) is 0 Å². The SMILES string of the molecule is C[C@@H](C(=O)Nc1ccc(C(=O)OC(C)(C)C)cc1)n1ccc(-c2cc(Cl)ccc2Cl)cc1=O. The van der Waals surface area contributed by atoms with Crippen molar-refractivity contribution in [3.8, 4) is 11.1 Å². The smallest absolute Gasteiger partial charge is 0.338 e. The third-order valence-electron chi connectivity index (χ3n) is 4.77. The average molecular weight is 487 g/mol. The van der Waals surface area contributed by atoms with Gasteiger partial charge >= 0.3 is 5.97 Å². The Bertz CT molecular complexity index is 1240. The summed E-state index contributed by atoms with van der Waals surface area (Å²) in [6, 6.07) is 13.7. The van der Waals surface area contributed by atoms with E-state index in [9.17, 15) is 14.4 Å². The molecule has 0 aliphatic rings. The predicted octanol–water partition coefficient (Wildman–Crippen LogP) is 5.98. The van der Waals surface area contributed by atoms with Gasteiger partial charge < -0.3 is 14.6 Å². The minimum atomic E-state index is -0.771. The normalized spacial score (nSPS) is 12.2. The van der Waals surface area contributed by atoms with Crippen molar-refractivity contribution in [1.82, 2.24) is 4.57 Å². The molecule has 33 heavy (non-hydrogen) atoms. The number of ether oxygens (including phenoxy) is 1. The van der Waals surface area contributed by atoms with Crippen LogP contribution in [0.15, 0.2) is 65.6 Å². The van der Waals surface area contributed by atoms with Crippen LogP contribution in [-0.2, 0) is 9.53 Å². The number of anilines is 1. The lowest BCUT2D eigenvalue weighted by molar-refractivity contribution is -0.118. The van der Waals surface area contributed by atoms with Gasteiger partial charge in [0, 0.05) is 33.6 Å². The number of benzene rings is 2. The third kappa shape index (κ3) is 6.24. The van der Waals surface area contributed by atoms with Gasteiger partial charge in [0.05, 0.1) is 5.56 Å². The van der Waals surface area contributed by atoms with E-state index in [1.807, 2.05) is 0 Å². The summed E-state index contributed by atoms with van der Waals surface area (Å²) in [7, 11) is 0. The second-order valence-corrected chi connectivity index (χ2v) is 9.37. The molecule has 6 nitrogen and oxygen atoms in total. The fourth-order valence-corrected chi connectivity index (χ4v) is 3.49. The zero-order valence-electron chi connectivity index (χ0n) is 18.7. The fraction of sp³-hybridized carbons (Fsp3) is 0.240. The average Bonchev–Trinajstić information content (AvgIpc) is 2.74. The number of nitrogens with zero attached hydrogens (tertiary/aromatic N) is 1. The lowest BCUT2D eigenvalue weighted by Gasteiger charge is -2.19. The molecule has 0 fully saturated rings. The fourth-order valence-electron chi connectivity index (χ4n) is 3.10. The monoisotopic (exact) mass is 486 g/mol. The number of pyridine rings is 1. The molecule has 0 aliphatic heterocycles. The topological polar surface area (TPSA) is 77.4 Å². The van der Waals surface area contributed by atoms with Gasteiger partial charge in [-0.25, -0.2) is 4.79 Å². The Morgan fingerprint density at radius 1 is 1.00 bits per heavy atom. The predicted molar refractivity (Wildman–Crippen MR) is 131 cm³/mol. The summed E-state index contributed by atoms with van der Waals surface area (Å²) in [5, 5.41) is 3.73. The summed E-state index contributed by atoms with van der Waals surface area (Å²) in [6.45, 7) is 6.99. The van der Waals surface area contributed by atoms with Crippen LogP contribution >= 0.6 is 23.2 Å². The van der Waals surface area contributed by atoms with Gasteiger partial charge in [-0.2, -0.15) is 0 Å². The number of hydrogen-bond donors (Lipinski definition) is 1. The summed E-state index contributed by atoms with van der Waals surface area (Å²) < 4.78 is 6.66. The van der Waals surface area contributed by atoms with Gasteiger partial charge in [-0.05, 0) is 81.8 Å². The molecule has 1 amide bonds. The van der Waals surface area contributed by atoms with Crippen molar-refractivity contribution >= 4 is 40.8 Å². The second kappa shape index (κ2) is 9.81. The highest BCUT2D eigenvalue weighted by molar-refractivity contribution is 6.35. The molecule has 0 radical (unpaired) electrons. The van der Waals surface area contributed by atoms with E-state index in [0.29, 0.717) is 32.4 Å². The van der Waals surface area contributed by atoms with E-state index >= 15 is 0 Å². The van der Waals surface area contributed by atoms with Gasteiger partial charge in [-0.3, -0.25) is 9.59 Å². The lowest BCUT2D eigenvalue weighted by atomic mass is 10.1. The maximum atomic E-state index is 12.7. The number of halogens is 2. The first-order valence-electron chi connectivity index (χ1n) is 10.3. The van der Waals surface area contributed by atoms with Crippen LogP contribution in [0, 0.1) is 0 Å². The molecular weight excluding hydrogens is 463 g/mol. The molecule has 1 atom stereocenters. The Balaban J connectivity index is 1.73. The Morgan fingerprint density at radius 2 is 1.67 bits per heavy atom. The number of amides is 1. The van der Waals surface area contributed by atoms with Crippen molar-refractivity contribution in [3.63, 3.8) is 0 Å². The molecule has 2 aromatic carbocycles. The largest absolute Gasteiger partial charge is 0.456 e. The van der Waals surface area contributed by atoms with Crippen molar-refractivity contribution in [2.75, 3.05) is 5.32 Å². The van der Waals surface area contributed by atoms with Crippen LogP contribution in [0.25, 0.3) is 11.1 Å². The first-order chi connectivity index (χ1) is 15.4. The van der Waals surface area contributed by atoms with Gasteiger partial charge in [0.1, 0.15) is 11.6 Å². The Hall–Kier alpha value is -3.09. The van der Waals surface area contributed by atoms with Crippen LogP contribution in [0.2, 0.25) is 10.0 Å². The number of nitrogens with one attached hydrogen (secondary N) is 1. The van der Waals surface area contributed by atoms with Crippen molar-refractivity contribution in [2.24, 2.45) is 0 Å². The second-order valence-electron chi connectivity index (χ2n) is 8.53. The number of aromatic nitrogens is 1. The van der Waals surface area contributed by atoms with E-state index in [1.54, 1.807) is 82.4 Å². The molecule has 0 unspecified atom stereocenters. The number of carbonyl (C=O) groups excluding carboxylic acids is 2. The lowest BCUT2D eigenvalue weighted by Crippen LogP contribution is -2.31. The maximum Gasteiger partial charge on any atom is 0.338 e. The molecule has 8 heteroatoms. The van der Waals surface area contributed by atoms with Crippen molar-refractivity contribution < 1.29 is 14.3 Å². The molecule has 0 spiro atoms. The molecule has 3 aromatic rings.